The molecule has 3 aromatic carbocycles. The summed E-state index contributed by atoms with van der Waals surface area (Å²) in [6.07, 6.45) is 0.742. The summed E-state index contributed by atoms with van der Waals surface area (Å²) in [5, 5.41) is 2.86. The number of hydrogen-bond acceptors (Lipinski definition) is 4. The molecule has 0 fully saturated rings. The van der Waals surface area contributed by atoms with Crippen molar-refractivity contribution in [2.45, 2.75) is 11.3 Å². The van der Waals surface area contributed by atoms with E-state index in [1.54, 1.807) is 36.4 Å². The van der Waals surface area contributed by atoms with E-state index in [1.807, 2.05) is 30.3 Å². The van der Waals surface area contributed by atoms with Gasteiger partial charge in [-0.3, -0.25) is 9.52 Å². The Bertz CT molecular complexity index is 1050. The van der Waals surface area contributed by atoms with Gasteiger partial charge in [0.25, 0.3) is 15.9 Å². The van der Waals surface area contributed by atoms with Crippen LogP contribution in [0.2, 0.25) is 0 Å². The van der Waals surface area contributed by atoms with Gasteiger partial charge < -0.3 is 10.1 Å². The summed E-state index contributed by atoms with van der Waals surface area (Å²) >= 11 is 0. The first-order valence-corrected chi connectivity index (χ1v) is 10.6. The van der Waals surface area contributed by atoms with E-state index in [-0.39, 0.29) is 10.8 Å². The smallest absolute Gasteiger partial charge is 0.261 e. The Morgan fingerprint density at radius 1 is 0.897 bits per heavy atom. The van der Waals surface area contributed by atoms with E-state index in [1.165, 1.54) is 19.2 Å². The summed E-state index contributed by atoms with van der Waals surface area (Å²) in [5.41, 5.74) is 1.99. The van der Waals surface area contributed by atoms with Gasteiger partial charge in [0.1, 0.15) is 5.75 Å². The van der Waals surface area contributed by atoms with Crippen molar-refractivity contribution in [2.75, 3.05) is 18.4 Å². The molecule has 0 saturated carbocycles. The SMILES string of the molecule is COc1ccc(S(=O)(=O)Nc2ccc(C(=O)NCCc3ccccc3)cc2)cc1. The molecule has 0 bridgehead atoms. The van der Waals surface area contributed by atoms with Gasteiger partial charge in [0.2, 0.25) is 0 Å². The minimum Gasteiger partial charge on any atom is -0.497 e. The molecule has 29 heavy (non-hydrogen) atoms. The quantitative estimate of drug-likeness (QED) is 0.596. The van der Waals surface area contributed by atoms with Gasteiger partial charge in [-0.2, -0.15) is 0 Å². The maximum absolute atomic E-state index is 12.5. The molecule has 0 spiro atoms. The van der Waals surface area contributed by atoms with Gasteiger partial charge in [-0.15, -0.1) is 0 Å². The number of ether oxygens (including phenoxy) is 1. The highest BCUT2D eigenvalue weighted by Crippen LogP contribution is 2.19. The van der Waals surface area contributed by atoms with Gasteiger partial charge >= 0.3 is 0 Å². The lowest BCUT2D eigenvalue weighted by molar-refractivity contribution is 0.0954. The third-order valence-corrected chi connectivity index (χ3v) is 5.71. The van der Waals surface area contributed by atoms with Gasteiger partial charge in [0.15, 0.2) is 0 Å². The number of hydrogen-bond donors (Lipinski definition) is 2. The Morgan fingerprint density at radius 2 is 1.55 bits per heavy atom. The highest BCUT2D eigenvalue weighted by molar-refractivity contribution is 7.92. The lowest BCUT2D eigenvalue weighted by Crippen LogP contribution is -2.25. The van der Waals surface area contributed by atoms with E-state index >= 15 is 0 Å². The topological polar surface area (TPSA) is 84.5 Å². The van der Waals surface area contributed by atoms with Crippen LogP contribution in [0.3, 0.4) is 0 Å². The van der Waals surface area contributed by atoms with Crippen LogP contribution < -0.4 is 14.8 Å². The van der Waals surface area contributed by atoms with Gasteiger partial charge in [-0.25, -0.2) is 8.42 Å². The molecule has 0 saturated heterocycles. The first-order chi connectivity index (χ1) is 14.0. The van der Waals surface area contributed by atoms with E-state index in [2.05, 4.69) is 10.0 Å². The lowest BCUT2D eigenvalue weighted by atomic mass is 10.1. The average molecular weight is 410 g/mol. The van der Waals surface area contributed by atoms with Gasteiger partial charge in [-0.05, 0) is 60.5 Å². The molecule has 0 atom stereocenters. The Morgan fingerprint density at radius 3 is 2.17 bits per heavy atom. The van der Waals surface area contributed by atoms with Crippen molar-refractivity contribution in [1.29, 1.82) is 0 Å². The second-order valence-corrected chi connectivity index (χ2v) is 8.03. The predicted molar refractivity (Wildman–Crippen MR) is 113 cm³/mol. The predicted octanol–water partition coefficient (Wildman–Crippen LogP) is 3.47. The van der Waals surface area contributed by atoms with Crippen molar-refractivity contribution in [3.05, 3.63) is 90.0 Å². The zero-order chi connectivity index (χ0) is 20.7. The van der Waals surface area contributed by atoms with Crippen molar-refractivity contribution >= 4 is 21.6 Å². The molecule has 150 valence electrons. The van der Waals surface area contributed by atoms with Crippen LogP contribution in [0.5, 0.6) is 5.75 Å². The van der Waals surface area contributed by atoms with Crippen LogP contribution in [0.15, 0.2) is 83.8 Å². The number of rotatable bonds is 8. The Kier molecular flexibility index (Phi) is 6.51. The molecule has 0 aliphatic carbocycles. The number of benzene rings is 3. The fourth-order valence-corrected chi connectivity index (χ4v) is 3.78. The Hall–Kier alpha value is -3.32. The Balaban J connectivity index is 1.58. The highest BCUT2D eigenvalue weighted by Gasteiger charge is 2.14. The molecular weight excluding hydrogens is 388 g/mol. The summed E-state index contributed by atoms with van der Waals surface area (Å²) < 4.78 is 32.5. The van der Waals surface area contributed by atoms with Crippen LogP contribution in [-0.2, 0) is 16.4 Å². The second-order valence-electron chi connectivity index (χ2n) is 6.35. The number of carbonyl (C=O) groups is 1. The monoisotopic (exact) mass is 410 g/mol. The molecule has 2 N–H and O–H groups in total. The van der Waals surface area contributed by atoms with E-state index in [4.69, 9.17) is 4.74 Å². The molecule has 0 heterocycles. The molecule has 0 aromatic heterocycles. The minimum absolute atomic E-state index is 0.126. The van der Waals surface area contributed by atoms with E-state index in [9.17, 15) is 13.2 Å². The molecule has 0 aliphatic rings. The van der Waals surface area contributed by atoms with Gasteiger partial charge in [0, 0.05) is 17.8 Å². The second kappa shape index (κ2) is 9.25. The number of amides is 1. The van der Waals surface area contributed by atoms with Crippen molar-refractivity contribution in [2.24, 2.45) is 0 Å². The first kappa shape index (κ1) is 20.4. The highest BCUT2D eigenvalue weighted by atomic mass is 32.2. The zero-order valence-corrected chi connectivity index (χ0v) is 16.8. The van der Waals surface area contributed by atoms with E-state index < -0.39 is 10.0 Å². The lowest BCUT2D eigenvalue weighted by Gasteiger charge is -2.10. The van der Waals surface area contributed by atoms with Crippen LogP contribution in [0.4, 0.5) is 5.69 Å². The zero-order valence-electron chi connectivity index (χ0n) is 16.0. The molecule has 7 heteroatoms. The summed E-state index contributed by atoms with van der Waals surface area (Å²) in [5.74, 6) is 0.372. The molecule has 3 aromatic rings. The largest absolute Gasteiger partial charge is 0.497 e. The van der Waals surface area contributed by atoms with Crippen molar-refractivity contribution in [3.8, 4) is 5.75 Å². The van der Waals surface area contributed by atoms with Crippen LogP contribution in [0.25, 0.3) is 0 Å². The summed E-state index contributed by atoms with van der Waals surface area (Å²) in [7, 11) is -2.21. The summed E-state index contributed by atoms with van der Waals surface area (Å²) in [6.45, 7) is 0.523. The van der Waals surface area contributed by atoms with Crippen LogP contribution >= 0.6 is 0 Å². The maximum Gasteiger partial charge on any atom is 0.261 e. The van der Waals surface area contributed by atoms with Crippen LogP contribution in [0, 0.1) is 0 Å². The number of methoxy groups -OCH3 is 1. The normalized spacial score (nSPS) is 10.9. The van der Waals surface area contributed by atoms with Gasteiger partial charge in [-0.1, -0.05) is 30.3 Å². The summed E-state index contributed by atoms with van der Waals surface area (Å²) in [6, 6.07) is 22.3. The van der Waals surface area contributed by atoms with Crippen LogP contribution in [0.1, 0.15) is 15.9 Å². The summed E-state index contributed by atoms with van der Waals surface area (Å²) in [4.78, 5) is 12.4. The fraction of sp³-hybridized carbons (Fsp3) is 0.136. The molecule has 0 radical (unpaired) electrons. The van der Waals surface area contributed by atoms with Crippen molar-refractivity contribution < 1.29 is 17.9 Å². The third kappa shape index (κ3) is 5.58. The van der Waals surface area contributed by atoms with E-state index in [0.717, 1.165) is 12.0 Å². The standard InChI is InChI=1S/C22H22N2O4S/c1-28-20-11-13-21(14-12-20)29(26,27)24-19-9-7-18(8-10-19)22(25)23-16-15-17-5-3-2-4-6-17/h2-14,24H,15-16H2,1H3,(H,23,25). The van der Waals surface area contributed by atoms with Gasteiger partial charge in [0.05, 0.1) is 12.0 Å². The molecule has 3 rings (SSSR count). The minimum atomic E-state index is -3.72. The number of carbonyl (C=O) groups excluding carboxylic acids is 1. The van der Waals surface area contributed by atoms with Crippen molar-refractivity contribution in [3.63, 3.8) is 0 Å². The average Bonchev–Trinajstić information content (AvgIpc) is 2.75. The number of sulfonamides is 1. The van der Waals surface area contributed by atoms with Crippen molar-refractivity contribution in [1.82, 2.24) is 5.32 Å². The number of anilines is 1. The molecule has 0 aliphatic heterocycles. The fourth-order valence-electron chi connectivity index (χ4n) is 2.73. The molecule has 1 amide bonds. The molecular formula is C22H22N2O4S. The first-order valence-electron chi connectivity index (χ1n) is 9.07. The molecule has 6 nitrogen and oxygen atoms in total. The maximum atomic E-state index is 12.5. The third-order valence-electron chi connectivity index (χ3n) is 4.31. The molecule has 0 unspecified atom stereocenters. The van der Waals surface area contributed by atoms with E-state index in [0.29, 0.717) is 23.5 Å². The Labute approximate surface area is 170 Å². The number of nitrogens with one attached hydrogen (secondary N) is 2. The van der Waals surface area contributed by atoms with Crippen LogP contribution in [-0.4, -0.2) is 28.0 Å².